The van der Waals surface area contributed by atoms with Crippen LogP contribution in [0.2, 0.25) is 0 Å². The summed E-state index contributed by atoms with van der Waals surface area (Å²) in [5.41, 5.74) is 2.40. The number of rotatable bonds is 6. The Labute approximate surface area is 212 Å². The minimum atomic E-state index is -1.19. The van der Waals surface area contributed by atoms with Crippen LogP contribution in [0.4, 0.5) is 4.79 Å². The lowest BCUT2D eigenvalue weighted by atomic mass is 9.80. The molecule has 2 unspecified atom stereocenters. The Kier molecular flexibility index (Phi) is 7.34. The lowest BCUT2D eigenvalue weighted by molar-refractivity contribution is -0.121. The number of nitrogens with zero attached hydrogens (tertiary/aromatic N) is 3. The van der Waals surface area contributed by atoms with E-state index in [1.54, 1.807) is 0 Å². The number of likely N-dealkylation sites (N-methyl/N-ethyl adjacent to an activating group) is 1. The molecule has 1 saturated heterocycles. The standard InChI is InChI=1S/C30H31N3O3/c1-4-22(2)27(34)31-28-32(3)30(25-18-12-7-13-19-25,21-24-16-10-6-11-17-24)26(33(28)29(35)36)20-23-14-8-5-9-15-23/h5-20,22H,4,21H2,1-3H3,(H,35,36). The van der Waals surface area contributed by atoms with Crippen LogP contribution in [0.1, 0.15) is 37.0 Å². The zero-order valence-corrected chi connectivity index (χ0v) is 20.8. The van der Waals surface area contributed by atoms with Gasteiger partial charge in [-0.15, -0.1) is 0 Å². The molecule has 2 amide bonds. The summed E-state index contributed by atoms with van der Waals surface area (Å²) >= 11 is 0. The van der Waals surface area contributed by atoms with Crippen LogP contribution in [-0.4, -0.2) is 39.9 Å². The van der Waals surface area contributed by atoms with E-state index in [0.717, 1.165) is 16.7 Å². The van der Waals surface area contributed by atoms with E-state index in [2.05, 4.69) is 4.99 Å². The third-order valence-electron chi connectivity index (χ3n) is 6.83. The molecule has 184 valence electrons. The fourth-order valence-electron chi connectivity index (χ4n) is 4.63. The molecular weight excluding hydrogens is 450 g/mol. The van der Waals surface area contributed by atoms with E-state index < -0.39 is 11.6 Å². The topological polar surface area (TPSA) is 73.2 Å². The number of aliphatic imine (C=N–C) groups is 1. The number of hydrogen-bond donors (Lipinski definition) is 1. The first-order valence-corrected chi connectivity index (χ1v) is 12.1. The van der Waals surface area contributed by atoms with Gasteiger partial charge >= 0.3 is 6.09 Å². The van der Waals surface area contributed by atoms with E-state index >= 15 is 0 Å². The lowest BCUT2D eigenvalue weighted by Gasteiger charge is -2.37. The highest BCUT2D eigenvalue weighted by Gasteiger charge is 2.54. The van der Waals surface area contributed by atoms with Gasteiger partial charge in [-0.2, -0.15) is 4.99 Å². The van der Waals surface area contributed by atoms with Gasteiger partial charge in [0.2, 0.25) is 5.96 Å². The van der Waals surface area contributed by atoms with Gasteiger partial charge in [-0.3, -0.25) is 4.79 Å². The summed E-state index contributed by atoms with van der Waals surface area (Å²) < 4.78 is 0. The molecular formula is C30H31N3O3. The number of benzene rings is 3. The second kappa shape index (κ2) is 10.6. The van der Waals surface area contributed by atoms with Crippen molar-refractivity contribution >= 4 is 24.0 Å². The van der Waals surface area contributed by atoms with E-state index in [0.29, 0.717) is 18.5 Å². The van der Waals surface area contributed by atoms with E-state index in [1.807, 2.05) is 123 Å². The van der Waals surface area contributed by atoms with Crippen molar-refractivity contribution < 1.29 is 14.7 Å². The Morgan fingerprint density at radius 1 is 0.944 bits per heavy atom. The smallest absolute Gasteiger partial charge is 0.418 e. The largest absolute Gasteiger partial charge is 0.464 e. The lowest BCUT2D eigenvalue weighted by Crippen LogP contribution is -2.44. The Balaban J connectivity index is 2.04. The quantitative estimate of drug-likeness (QED) is 0.467. The molecule has 0 spiro atoms. The molecule has 1 aliphatic rings. The minimum Gasteiger partial charge on any atom is -0.464 e. The SMILES string of the molecule is CCC(C)C(=O)N=C1N(C(=O)O)C(=Cc2ccccc2)C(Cc2ccccc2)(c2ccccc2)N1C. The van der Waals surface area contributed by atoms with Gasteiger partial charge in [0.15, 0.2) is 0 Å². The summed E-state index contributed by atoms with van der Waals surface area (Å²) in [5, 5.41) is 10.5. The van der Waals surface area contributed by atoms with E-state index in [9.17, 15) is 14.7 Å². The van der Waals surface area contributed by atoms with E-state index in [4.69, 9.17) is 0 Å². The Hall–Kier alpha value is -4.19. The first kappa shape index (κ1) is 24.9. The third-order valence-corrected chi connectivity index (χ3v) is 6.83. The van der Waals surface area contributed by atoms with Crippen molar-refractivity contribution in [2.75, 3.05) is 7.05 Å². The van der Waals surface area contributed by atoms with Crippen LogP contribution in [0, 0.1) is 5.92 Å². The van der Waals surface area contributed by atoms with Crippen LogP contribution in [0.5, 0.6) is 0 Å². The predicted octanol–water partition coefficient (Wildman–Crippen LogP) is 6.02. The molecule has 0 radical (unpaired) electrons. The fraction of sp³-hybridized carbons (Fsp3) is 0.233. The molecule has 0 bridgehead atoms. The molecule has 36 heavy (non-hydrogen) atoms. The normalized spacial score (nSPS) is 20.6. The van der Waals surface area contributed by atoms with Gasteiger partial charge < -0.3 is 10.0 Å². The van der Waals surface area contributed by atoms with Crippen LogP contribution < -0.4 is 0 Å². The van der Waals surface area contributed by atoms with Gasteiger partial charge in [-0.25, -0.2) is 9.69 Å². The molecule has 4 rings (SSSR count). The van der Waals surface area contributed by atoms with Crippen molar-refractivity contribution in [2.24, 2.45) is 10.9 Å². The van der Waals surface area contributed by atoms with Gasteiger partial charge in [0.25, 0.3) is 5.91 Å². The predicted molar refractivity (Wildman–Crippen MR) is 142 cm³/mol. The van der Waals surface area contributed by atoms with Gasteiger partial charge in [-0.1, -0.05) is 105 Å². The summed E-state index contributed by atoms with van der Waals surface area (Å²) in [7, 11) is 1.82. The molecule has 0 aliphatic carbocycles. The van der Waals surface area contributed by atoms with Gasteiger partial charge in [-0.05, 0) is 29.2 Å². The molecule has 0 saturated carbocycles. The third kappa shape index (κ3) is 4.67. The number of carbonyl (C=O) groups excluding carboxylic acids is 1. The minimum absolute atomic E-state index is 0.106. The summed E-state index contributed by atoms with van der Waals surface area (Å²) in [6.07, 6.45) is 1.79. The number of carboxylic acid groups (broad SMARTS) is 1. The number of carbonyl (C=O) groups is 2. The Bertz CT molecular complexity index is 1270. The van der Waals surface area contributed by atoms with Crippen molar-refractivity contribution in [3.8, 4) is 0 Å². The maximum Gasteiger partial charge on any atom is 0.418 e. The summed E-state index contributed by atoms with van der Waals surface area (Å²) in [6.45, 7) is 3.72. The number of guanidine groups is 1. The van der Waals surface area contributed by atoms with E-state index in [-0.39, 0.29) is 17.8 Å². The summed E-state index contributed by atoms with van der Waals surface area (Å²) in [6, 6.07) is 29.4. The van der Waals surface area contributed by atoms with Gasteiger partial charge in [0.05, 0.1) is 5.70 Å². The molecule has 1 fully saturated rings. The van der Waals surface area contributed by atoms with Gasteiger partial charge in [0, 0.05) is 19.4 Å². The zero-order valence-electron chi connectivity index (χ0n) is 20.8. The number of amides is 2. The summed E-state index contributed by atoms with van der Waals surface area (Å²) in [5.74, 6) is -0.549. The Morgan fingerprint density at radius 3 is 2.06 bits per heavy atom. The maximum absolute atomic E-state index is 13.0. The van der Waals surface area contributed by atoms with Crippen molar-refractivity contribution in [3.63, 3.8) is 0 Å². The average molecular weight is 482 g/mol. The zero-order chi connectivity index (χ0) is 25.7. The van der Waals surface area contributed by atoms with E-state index in [1.165, 1.54) is 4.90 Å². The van der Waals surface area contributed by atoms with Crippen LogP contribution in [0.25, 0.3) is 6.08 Å². The van der Waals surface area contributed by atoms with Crippen molar-refractivity contribution in [3.05, 3.63) is 113 Å². The molecule has 1 aliphatic heterocycles. The molecule has 3 aromatic carbocycles. The van der Waals surface area contributed by atoms with Crippen LogP contribution >= 0.6 is 0 Å². The fourth-order valence-corrected chi connectivity index (χ4v) is 4.63. The molecule has 0 aromatic heterocycles. The number of hydrogen-bond acceptors (Lipinski definition) is 2. The van der Waals surface area contributed by atoms with Crippen molar-refractivity contribution in [1.82, 2.24) is 9.80 Å². The highest BCUT2D eigenvalue weighted by molar-refractivity contribution is 6.05. The highest BCUT2D eigenvalue weighted by Crippen LogP contribution is 2.47. The Morgan fingerprint density at radius 2 is 1.50 bits per heavy atom. The maximum atomic E-state index is 13.0. The van der Waals surface area contributed by atoms with Crippen LogP contribution in [0.15, 0.2) is 102 Å². The highest BCUT2D eigenvalue weighted by atomic mass is 16.4. The van der Waals surface area contributed by atoms with Gasteiger partial charge in [0.1, 0.15) is 5.54 Å². The molecule has 6 nitrogen and oxygen atoms in total. The average Bonchev–Trinajstić information content (AvgIpc) is 3.13. The molecule has 1 N–H and O–H groups in total. The summed E-state index contributed by atoms with van der Waals surface area (Å²) in [4.78, 5) is 33.2. The first-order valence-electron chi connectivity index (χ1n) is 12.1. The molecule has 1 heterocycles. The second-order valence-corrected chi connectivity index (χ2v) is 9.07. The molecule has 3 aromatic rings. The van der Waals surface area contributed by atoms with Crippen molar-refractivity contribution in [1.29, 1.82) is 0 Å². The van der Waals surface area contributed by atoms with Crippen molar-refractivity contribution in [2.45, 2.75) is 32.2 Å². The molecule has 6 heteroatoms. The molecule has 2 atom stereocenters. The van der Waals surface area contributed by atoms with Crippen LogP contribution in [0.3, 0.4) is 0 Å². The second-order valence-electron chi connectivity index (χ2n) is 9.07. The van der Waals surface area contributed by atoms with Crippen LogP contribution in [-0.2, 0) is 16.8 Å². The first-order chi connectivity index (χ1) is 17.4. The monoisotopic (exact) mass is 481 g/mol.